The second-order valence-corrected chi connectivity index (χ2v) is 8.63. The zero-order valence-electron chi connectivity index (χ0n) is 17.4. The third kappa shape index (κ3) is 4.36. The van der Waals surface area contributed by atoms with Crippen molar-refractivity contribution in [3.63, 3.8) is 0 Å². The Morgan fingerprint density at radius 3 is 2.41 bits per heavy atom. The molecule has 1 atom stereocenters. The summed E-state index contributed by atoms with van der Waals surface area (Å²) in [6, 6.07) is 16.7. The fraction of sp³-hybridized carbons (Fsp3) is 0.440. The Morgan fingerprint density at radius 1 is 1.00 bits per heavy atom. The van der Waals surface area contributed by atoms with E-state index in [0.29, 0.717) is 18.9 Å². The molecule has 2 aliphatic rings. The minimum atomic E-state index is -0.213. The molecule has 2 aromatic carbocycles. The van der Waals surface area contributed by atoms with E-state index in [1.54, 1.807) is 4.90 Å². The van der Waals surface area contributed by atoms with Gasteiger partial charge in [-0.05, 0) is 67.9 Å². The number of amides is 2. The second kappa shape index (κ2) is 8.40. The largest absolute Gasteiger partial charge is 0.342 e. The third-order valence-corrected chi connectivity index (χ3v) is 6.57. The third-order valence-electron chi connectivity index (χ3n) is 6.57. The van der Waals surface area contributed by atoms with E-state index >= 15 is 0 Å². The summed E-state index contributed by atoms with van der Waals surface area (Å²) in [5.74, 6) is 0.641. The van der Waals surface area contributed by atoms with Crippen LogP contribution in [0.2, 0.25) is 0 Å². The Bertz CT molecular complexity index is 885. The van der Waals surface area contributed by atoms with Crippen LogP contribution in [0.4, 0.5) is 5.69 Å². The summed E-state index contributed by atoms with van der Waals surface area (Å²) >= 11 is 0. The Hall–Kier alpha value is -2.62. The van der Waals surface area contributed by atoms with Crippen LogP contribution >= 0.6 is 0 Å². The molecule has 0 spiro atoms. The number of carbonyl (C=O) groups excluding carboxylic acids is 2. The average molecular weight is 391 g/mol. The maximum Gasteiger partial charge on any atom is 0.228 e. The Kier molecular flexibility index (Phi) is 5.70. The summed E-state index contributed by atoms with van der Waals surface area (Å²) in [7, 11) is 0. The van der Waals surface area contributed by atoms with Crippen molar-refractivity contribution in [2.75, 3.05) is 24.5 Å². The molecule has 29 heavy (non-hydrogen) atoms. The number of aryl methyl sites for hydroxylation is 2. The van der Waals surface area contributed by atoms with Gasteiger partial charge in [-0.2, -0.15) is 0 Å². The summed E-state index contributed by atoms with van der Waals surface area (Å²) in [6.45, 7) is 6.25. The van der Waals surface area contributed by atoms with Crippen LogP contribution in [0.15, 0.2) is 48.5 Å². The number of hydrogen-bond acceptors (Lipinski definition) is 2. The number of piperidine rings is 1. The molecule has 0 radical (unpaired) electrons. The number of benzene rings is 2. The van der Waals surface area contributed by atoms with E-state index in [1.807, 2.05) is 17.0 Å². The van der Waals surface area contributed by atoms with E-state index in [1.165, 1.54) is 16.7 Å². The molecule has 2 amide bonds. The van der Waals surface area contributed by atoms with E-state index in [0.717, 1.165) is 38.0 Å². The summed E-state index contributed by atoms with van der Waals surface area (Å²) in [5, 5.41) is 0. The SMILES string of the molecule is Cc1ccc(N2CC(C(=O)N3CCC(Cc4ccccc4)CC3)CC2=O)cc1C. The zero-order valence-corrected chi connectivity index (χ0v) is 17.4. The molecule has 4 rings (SSSR count). The van der Waals surface area contributed by atoms with E-state index in [-0.39, 0.29) is 17.7 Å². The lowest BCUT2D eigenvalue weighted by atomic mass is 9.89. The molecule has 2 saturated heterocycles. The van der Waals surface area contributed by atoms with Gasteiger partial charge in [-0.3, -0.25) is 9.59 Å². The number of rotatable bonds is 4. The van der Waals surface area contributed by atoms with Gasteiger partial charge in [0.1, 0.15) is 0 Å². The van der Waals surface area contributed by atoms with Gasteiger partial charge < -0.3 is 9.80 Å². The first-order valence-corrected chi connectivity index (χ1v) is 10.7. The minimum absolute atomic E-state index is 0.0607. The molecule has 0 bridgehead atoms. The first-order chi connectivity index (χ1) is 14.0. The van der Waals surface area contributed by atoms with Crippen LogP contribution in [0.1, 0.15) is 36.0 Å². The van der Waals surface area contributed by atoms with E-state index in [2.05, 4.69) is 50.2 Å². The smallest absolute Gasteiger partial charge is 0.228 e. The predicted molar refractivity (Wildman–Crippen MR) is 116 cm³/mol. The van der Waals surface area contributed by atoms with Gasteiger partial charge in [0.15, 0.2) is 0 Å². The van der Waals surface area contributed by atoms with Crippen LogP contribution in [0.5, 0.6) is 0 Å². The Morgan fingerprint density at radius 2 is 1.72 bits per heavy atom. The summed E-state index contributed by atoms with van der Waals surface area (Å²) in [4.78, 5) is 29.4. The van der Waals surface area contributed by atoms with Crippen molar-refractivity contribution in [1.29, 1.82) is 0 Å². The van der Waals surface area contributed by atoms with Crippen LogP contribution in [0.25, 0.3) is 0 Å². The summed E-state index contributed by atoms with van der Waals surface area (Å²) in [5.41, 5.74) is 4.68. The van der Waals surface area contributed by atoms with Gasteiger partial charge in [-0.1, -0.05) is 36.4 Å². The van der Waals surface area contributed by atoms with Gasteiger partial charge in [0.2, 0.25) is 11.8 Å². The van der Waals surface area contributed by atoms with E-state index in [9.17, 15) is 9.59 Å². The molecule has 2 aromatic rings. The van der Waals surface area contributed by atoms with Crippen molar-refractivity contribution in [2.24, 2.45) is 11.8 Å². The molecule has 0 aromatic heterocycles. The standard InChI is InChI=1S/C25H30N2O2/c1-18-8-9-23(14-19(18)2)27-17-22(16-24(27)28)25(29)26-12-10-21(11-13-26)15-20-6-4-3-5-7-20/h3-9,14,21-22H,10-13,15-17H2,1-2H3. The monoisotopic (exact) mass is 390 g/mol. The number of hydrogen-bond donors (Lipinski definition) is 0. The van der Waals surface area contributed by atoms with Crippen LogP contribution < -0.4 is 4.90 Å². The molecular weight excluding hydrogens is 360 g/mol. The zero-order chi connectivity index (χ0) is 20.4. The fourth-order valence-electron chi connectivity index (χ4n) is 4.58. The molecular formula is C25H30N2O2. The molecule has 2 fully saturated rings. The van der Waals surface area contributed by atoms with Gasteiger partial charge in [0.05, 0.1) is 5.92 Å². The maximum atomic E-state index is 13.1. The molecule has 0 aliphatic carbocycles. The molecule has 1 unspecified atom stereocenters. The van der Waals surface area contributed by atoms with E-state index < -0.39 is 0 Å². The lowest BCUT2D eigenvalue weighted by Gasteiger charge is -2.33. The Labute approximate surface area is 173 Å². The average Bonchev–Trinajstić information content (AvgIpc) is 3.12. The van der Waals surface area contributed by atoms with Crippen molar-refractivity contribution in [1.82, 2.24) is 4.90 Å². The molecule has 4 heteroatoms. The van der Waals surface area contributed by atoms with Crippen molar-refractivity contribution in [3.8, 4) is 0 Å². The molecule has 152 valence electrons. The highest BCUT2D eigenvalue weighted by Gasteiger charge is 2.38. The molecule has 0 saturated carbocycles. The summed E-state index contributed by atoms with van der Waals surface area (Å²) < 4.78 is 0. The fourth-order valence-corrected chi connectivity index (χ4v) is 4.58. The molecule has 2 heterocycles. The maximum absolute atomic E-state index is 13.1. The normalized spacial score (nSPS) is 20.3. The molecule has 0 N–H and O–H groups in total. The topological polar surface area (TPSA) is 40.6 Å². The van der Waals surface area contributed by atoms with Crippen molar-refractivity contribution < 1.29 is 9.59 Å². The predicted octanol–water partition coefficient (Wildman–Crippen LogP) is 4.14. The van der Waals surface area contributed by atoms with Gasteiger partial charge in [0, 0.05) is 31.7 Å². The molecule has 2 aliphatic heterocycles. The van der Waals surface area contributed by atoms with Crippen LogP contribution in [-0.4, -0.2) is 36.3 Å². The lowest BCUT2D eigenvalue weighted by molar-refractivity contribution is -0.137. The highest BCUT2D eigenvalue weighted by atomic mass is 16.2. The molecule has 4 nitrogen and oxygen atoms in total. The van der Waals surface area contributed by atoms with Gasteiger partial charge in [-0.15, -0.1) is 0 Å². The highest BCUT2D eigenvalue weighted by Crippen LogP contribution is 2.29. The first kappa shape index (κ1) is 19.7. The van der Waals surface area contributed by atoms with Gasteiger partial charge >= 0.3 is 0 Å². The lowest BCUT2D eigenvalue weighted by Crippen LogP contribution is -2.42. The van der Waals surface area contributed by atoms with E-state index in [4.69, 9.17) is 0 Å². The first-order valence-electron chi connectivity index (χ1n) is 10.7. The second-order valence-electron chi connectivity index (χ2n) is 8.63. The number of nitrogens with zero attached hydrogens (tertiary/aromatic N) is 2. The summed E-state index contributed by atoms with van der Waals surface area (Å²) in [6.07, 6.45) is 3.51. The minimum Gasteiger partial charge on any atom is -0.342 e. The van der Waals surface area contributed by atoms with Crippen LogP contribution in [-0.2, 0) is 16.0 Å². The number of carbonyl (C=O) groups is 2. The van der Waals surface area contributed by atoms with Gasteiger partial charge in [-0.25, -0.2) is 0 Å². The quantitative estimate of drug-likeness (QED) is 0.787. The highest BCUT2D eigenvalue weighted by molar-refractivity contribution is 6.00. The van der Waals surface area contributed by atoms with Crippen LogP contribution in [0.3, 0.4) is 0 Å². The van der Waals surface area contributed by atoms with Crippen molar-refractivity contribution >= 4 is 17.5 Å². The van der Waals surface area contributed by atoms with Crippen molar-refractivity contribution in [2.45, 2.75) is 39.5 Å². The Balaban J connectivity index is 1.33. The number of likely N-dealkylation sites (tertiary alicyclic amines) is 1. The van der Waals surface area contributed by atoms with Gasteiger partial charge in [0.25, 0.3) is 0 Å². The number of anilines is 1. The van der Waals surface area contributed by atoms with Crippen LogP contribution in [0, 0.1) is 25.7 Å². The van der Waals surface area contributed by atoms with Crippen molar-refractivity contribution in [3.05, 3.63) is 65.2 Å².